The number of nitrogens with zero attached hydrogens (tertiary/aromatic N) is 2. The van der Waals surface area contributed by atoms with Gasteiger partial charge >= 0.3 is 0 Å². The van der Waals surface area contributed by atoms with Crippen LogP contribution in [-0.2, 0) is 11.2 Å². The number of Topliss-reactive ketones (excluding diaryl/α,β-unsaturated/α-hetero) is 1. The van der Waals surface area contributed by atoms with E-state index in [0.717, 1.165) is 31.4 Å². The average molecular weight is 224 g/mol. The van der Waals surface area contributed by atoms with E-state index in [1.54, 1.807) is 0 Å². The van der Waals surface area contributed by atoms with Gasteiger partial charge in [-0.1, -0.05) is 13.3 Å². The first-order valence-electron chi connectivity index (χ1n) is 5.57. The molecule has 1 aromatic heterocycles. The molecule has 3 nitrogen and oxygen atoms in total. The van der Waals surface area contributed by atoms with Gasteiger partial charge in [0, 0.05) is 12.8 Å². The molecule has 2 rings (SSSR count). The second-order valence-electron chi connectivity index (χ2n) is 4.31. The molecule has 0 aliphatic heterocycles. The minimum Gasteiger partial charge on any atom is -0.300 e. The van der Waals surface area contributed by atoms with Crippen LogP contribution in [0.1, 0.15) is 38.3 Å². The minimum absolute atomic E-state index is 0.424. The van der Waals surface area contributed by atoms with Crippen LogP contribution in [0.2, 0.25) is 0 Å². The van der Waals surface area contributed by atoms with Crippen molar-refractivity contribution in [3.63, 3.8) is 0 Å². The zero-order valence-electron chi connectivity index (χ0n) is 8.98. The van der Waals surface area contributed by atoms with Crippen LogP contribution in [0.5, 0.6) is 0 Å². The molecule has 1 aliphatic rings. The Morgan fingerprint density at radius 2 is 2.40 bits per heavy atom. The molecule has 0 N–H and O–H groups in total. The maximum Gasteiger partial charge on any atom is 0.133 e. The van der Waals surface area contributed by atoms with Crippen LogP contribution in [0.3, 0.4) is 0 Å². The SMILES string of the molecule is CCC1CCC(=O)CC1Cc1cnsn1. The quantitative estimate of drug-likeness (QED) is 0.792. The highest BCUT2D eigenvalue weighted by atomic mass is 32.1. The highest BCUT2D eigenvalue weighted by Crippen LogP contribution is 2.32. The second kappa shape index (κ2) is 4.84. The van der Waals surface area contributed by atoms with Gasteiger partial charge in [-0.3, -0.25) is 4.79 Å². The van der Waals surface area contributed by atoms with E-state index in [9.17, 15) is 4.79 Å². The molecule has 0 aromatic carbocycles. The van der Waals surface area contributed by atoms with Crippen LogP contribution in [0.15, 0.2) is 6.20 Å². The standard InChI is InChI=1S/C11H16N2OS/c1-2-8-3-4-11(14)6-9(8)5-10-7-12-15-13-10/h7-9H,2-6H2,1H3. The Morgan fingerprint density at radius 3 is 3.07 bits per heavy atom. The molecule has 1 heterocycles. The van der Waals surface area contributed by atoms with Crippen molar-refractivity contribution in [3.05, 3.63) is 11.9 Å². The van der Waals surface area contributed by atoms with Gasteiger partial charge in [-0.25, -0.2) is 0 Å². The Kier molecular flexibility index (Phi) is 3.46. The summed E-state index contributed by atoms with van der Waals surface area (Å²) in [7, 11) is 0. The number of hydrogen-bond donors (Lipinski definition) is 0. The van der Waals surface area contributed by atoms with E-state index in [2.05, 4.69) is 15.7 Å². The average Bonchev–Trinajstić information content (AvgIpc) is 2.71. The van der Waals surface area contributed by atoms with Gasteiger partial charge in [-0.05, 0) is 24.7 Å². The summed E-state index contributed by atoms with van der Waals surface area (Å²) in [6, 6.07) is 0. The normalized spacial score (nSPS) is 26.9. The molecule has 15 heavy (non-hydrogen) atoms. The second-order valence-corrected chi connectivity index (χ2v) is 4.87. The lowest BCUT2D eigenvalue weighted by Gasteiger charge is -2.29. The smallest absolute Gasteiger partial charge is 0.133 e. The van der Waals surface area contributed by atoms with Gasteiger partial charge in [-0.2, -0.15) is 8.75 Å². The molecule has 1 aromatic rings. The summed E-state index contributed by atoms with van der Waals surface area (Å²) in [5.41, 5.74) is 1.05. The lowest BCUT2D eigenvalue weighted by Crippen LogP contribution is -2.26. The first kappa shape index (κ1) is 10.7. The molecular weight excluding hydrogens is 208 g/mol. The summed E-state index contributed by atoms with van der Waals surface area (Å²) in [5.74, 6) is 1.62. The highest BCUT2D eigenvalue weighted by Gasteiger charge is 2.28. The lowest BCUT2D eigenvalue weighted by molar-refractivity contribution is -0.122. The van der Waals surface area contributed by atoms with E-state index in [1.807, 2.05) is 6.20 Å². The van der Waals surface area contributed by atoms with E-state index in [0.29, 0.717) is 17.6 Å². The molecule has 0 bridgehead atoms. The van der Waals surface area contributed by atoms with Gasteiger partial charge in [0.15, 0.2) is 0 Å². The fraction of sp³-hybridized carbons (Fsp3) is 0.727. The van der Waals surface area contributed by atoms with Crippen molar-refractivity contribution >= 4 is 17.5 Å². The predicted octanol–water partition coefficient (Wildman–Crippen LogP) is 2.48. The van der Waals surface area contributed by atoms with E-state index in [4.69, 9.17) is 0 Å². The van der Waals surface area contributed by atoms with Gasteiger partial charge in [-0.15, -0.1) is 0 Å². The number of hydrogen-bond acceptors (Lipinski definition) is 4. The Balaban J connectivity index is 2.01. The van der Waals surface area contributed by atoms with Crippen molar-refractivity contribution in [2.24, 2.45) is 11.8 Å². The molecule has 2 unspecified atom stereocenters. The third kappa shape index (κ3) is 2.62. The molecule has 82 valence electrons. The van der Waals surface area contributed by atoms with Crippen molar-refractivity contribution in [1.29, 1.82) is 0 Å². The Hall–Kier alpha value is -0.770. The third-order valence-electron chi connectivity index (χ3n) is 3.35. The zero-order chi connectivity index (χ0) is 10.7. The Bertz CT molecular complexity index is 323. The molecular formula is C11H16N2OS. The molecule has 1 saturated carbocycles. The third-order valence-corrected chi connectivity index (χ3v) is 3.87. The van der Waals surface area contributed by atoms with E-state index < -0.39 is 0 Å². The first-order valence-corrected chi connectivity index (χ1v) is 6.30. The fourth-order valence-corrected chi connectivity index (χ4v) is 2.90. The molecule has 2 atom stereocenters. The number of carbonyl (C=O) groups excluding carboxylic acids is 1. The maximum absolute atomic E-state index is 11.4. The summed E-state index contributed by atoms with van der Waals surface area (Å²) >= 11 is 1.25. The Labute approximate surface area is 94.2 Å². The summed E-state index contributed by atoms with van der Waals surface area (Å²) < 4.78 is 8.23. The van der Waals surface area contributed by atoms with Crippen LogP contribution < -0.4 is 0 Å². The Morgan fingerprint density at radius 1 is 1.53 bits per heavy atom. The molecule has 0 saturated heterocycles. The monoisotopic (exact) mass is 224 g/mol. The molecule has 1 fully saturated rings. The maximum atomic E-state index is 11.4. The summed E-state index contributed by atoms with van der Waals surface area (Å²) in [6.07, 6.45) is 6.53. The van der Waals surface area contributed by atoms with Crippen LogP contribution in [0, 0.1) is 11.8 Å². The van der Waals surface area contributed by atoms with Crippen LogP contribution in [-0.4, -0.2) is 14.5 Å². The van der Waals surface area contributed by atoms with Crippen LogP contribution in [0.4, 0.5) is 0 Å². The van der Waals surface area contributed by atoms with Gasteiger partial charge in [0.25, 0.3) is 0 Å². The van der Waals surface area contributed by atoms with Gasteiger partial charge in [0.05, 0.1) is 23.6 Å². The highest BCUT2D eigenvalue weighted by molar-refractivity contribution is 6.99. The number of aromatic nitrogens is 2. The minimum atomic E-state index is 0.424. The van der Waals surface area contributed by atoms with Crippen molar-refractivity contribution in [2.45, 2.75) is 39.0 Å². The van der Waals surface area contributed by atoms with Crippen LogP contribution >= 0.6 is 11.7 Å². The van der Waals surface area contributed by atoms with Crippen molar-refractivity contribution < 1.29 is 4.79 Å². The zero-order valence-corrected chi connectivity index (χ0v) is 9.80. The van der Waals surface area contributed by atoms with Gasteiger partial charge in [0.1, 0.15) is 5.78 Å². The van der Waals surface area contributed by atoms with Crippen molar-refractivity contribution in [1.82, 2.24) is 8.75 Å². The topological polar surface area (TPSA) is 42.9 Å². The summed E-state index contributed by atoms with van der Waals surface area (Å²) in [6.45, 7) is 2.22. The van der Waals surface area contributed by atoms with Gasteiger partial charge < -0.3 is 0 Å². The van der Waals surface area contributed by atoms with E-state index in [1.165, 1.54) is 18.1 Å². The number of ketones is 1. The van der Waals surface area contributed by atoms with E-state index in [-0.39, 0.29) is 0 Å². The lowest BCUT2D eigenvalue weighted by atomic mass is 9.75. The van der Waals surface area contributed by atoms with Gasteiger partial charge in [0.2, 0.25) is 0 Å². The van der Waals surface area contributed by atoms with E-state index >= 15 is 0 Å². The molecule has 0 radical (unpaired) electrons. The predicted molar refractivity (Wildman–Crippen MR) is 59.7 cm³/mol. The number of rotatable bonds is 3. The summed E-state index contributed by atoms with van der Waals surface area (Å²) in [4.78, 5) is 11.4. The molecule has 1 aliphatic carbocycles. The first-order chi connectivity index (χ1) is 7.29. The van der Waals surface area contributed by atoms with Crippen molar-refractivity contribution in [2.75, 3.05) is 0 Å². The fourth-order valence-electron chi connectivity index (χ4n) is 2.46. The van der Waals surface area contributed by atoms with Crippen LogP contribution in [0.25, 0.3) is 0 Å². The summed E-state index contributed by atoms with van der Waals surface area (Å²) in [5, 5.41) is 0. The largest absolute Gasteiger partial charge is 0.300 e. The van der Waals surface area contributed by atoms with Crippen molar-refractivity contribution in [3.8, 4) is 0 Å². The molecule has 0 amide bonds. The molecule has 4 heteroatoms. The number of carbonyl (C=O) groups is 1. The molecule has 0 spiro atoms.